The Morgan fingerprint density at radius 2 is 1.77 bits per heavy atom. The maximum Gasteiger partial charge on any atom is 0.265 e. The van der Waals surface area contributed by atoms with Gasteiger partial charge in [-0.2, -0.15) is 0 Å². The van der Waals surface area contributed by atoms with Gasteiger partial charge in [-0.05, 0) is 66.6 Å². The maximum absolute atomic E-state index is 14.2. The van der Waals surface area contributed by atoms with E-state index in [-0.39, 0.29) is 23.8 Å². The van der Waals surface area contributed by atoms with Gasteiger partial charge in [0.2, 0.25) is 0 Å². The number of benzene rings is 3. The third kappa shape index (κ3) is 4.53. The van der Waals surface area contributed by atoms with Gasteiger partial charge in [0.1, 0.15) is 11.8 Å². The summed E-state index contributed by atoms with van der Waals surface area (Å²) in [5, 5.41) is 3.52. The normalized spacial score (nSPS) is 21.5. The van der Waals surface area contributed by atoms with Crippen molar-refractivity contribution in [3.8, 4) is 5.75 Å². The van der Waals surface area contributed by atoms with Gasteiger partial charge in [0.05, 0.1) is 6.04 Å². The number of amides is 2. The first kappa shape index (κ1) is 23.4. The topological polar surface area (TPSA) is 58.6 Å². The van der Waals surface area contributed by atoms with Gasteiger partial charge in [0, 0.05) is 16.3 Å². The summed E-state index contributed by atoms with van der Waals surface area (Å²) >= 11 is 6.42. The van der Waals surface area contributed by atoms with E-state index in [0.717, 1.165) is 24.8 Å². The first-order valence-electron chi connectivity index (χ1n) is 12.2. The molecular weight excluding hydrogens is 460 g/mol. The molecule has 0 spiro atoms. The van der Waals surface area contributed by atoms with Crippen molar-refractivity contribution in [1.29, 1.82) is 0 Å². The van der Waals surface area contributed by atoms with Gasteiger partial charge >= 0.3 is 0 Å². The second-order valence-corrected chi connectivity index (χ2v) is 10.0. The van der Waals surface area contributed by atoms with Crippen molar-refractivity contribution < 1.29 is 14.3 Å². The van der Waals surface area contributed by atoms with Gasteiger partial charge in [0.15, 0.2) is 6.10 Å². The predicted molar refractivity (Wildman–Crippen MR) is 137 cm³/mol. The molecule has 1 N–H and O–H groups in total. The fourth-order valence-electron chi connectivity index (χ4n) is 5.22. The molecule has 0 saturated heterocycles. The van der Waals surface area contributed by atoms with E-state index in [4.69, 9.17) is 16.3 Å². The number of nitrogens with zero attached hydrogens (tertiary/aromatic N) is 1. The molecule has 6 heteroatoms. The lowest BCUT2D eigenvalue weighted by Crippen LogP contribution is -2.49. The number of halogens is 1. The van der Waals surface area contributed by atoms with Crippen LogP contribution in [0.3, 0.4) is 0 Å². The lowest BCUT2D eigenvalue weighted by Gasteiger charge is -2.40. The fraction of sp³-hybridized carbons (Fsp3) is 0.310. The summed E-state index contributed by atoms with van der Waals surface area (Å²) in [6.45, 7) is 3.94. The number of fused-ring (bicyclic) bond motifs is 2. The van der Waals surface area contributed by atoms with Crippen LogP contribution in [-0.2, 0) is 16.0 Å². The molecular formula is C29H29ClN2O3. The lowest BCUT2D eigenvalue weighted by molar-refractivity contribution is -0.148. The Morgan fingerprint density at radius 1 is 1.03 bits per heavy atom. The number of hydrogen-bond donors (Lipinski definition) is 1. The van der Waals surface area contributed by atoms with E-state index < -0.39 is 12.1 Å². The quantitative estimate of drug-likeness (QED) is 0.466. The first-order chi connectivity index (χ1) is 16.9. The summed E-state index contributed by atoms with van der Waals surface area (Å²) in [4.78, 5) is 29.9. The molecule has 1 aliphatic heterocycles. The second kappa shape index (κ2) is 9.74. The summed E-state index contributed by atoms with van der Waals surface area (Å²) in [6, 6.07) is 21.6. The number of nitrogens with one attached hydrogen (secondary N) is 1. The molecule has 5 nitrogen and oxygen atoms in total. The minimum Gasteiger partial charge on any atom is -0.480 e. The van der Waals surface area contributed by atoms with Gasteiger partial charge in [-0.15, -0.1) is 0 Å². The number of ether oxygens (including phenoxy) is 1. The van der Waals surface area contributed by atoms with E-state index in [1.54, 1.807) is 23.1 Å². The van der Waals surface area contributed by atoms with Crippen molar-refractivity contribution in [2.24, 2.45) is 5.92 Å². The minimum absolute atomic E-state index is 0.0803. The molecule has 0 fully saturated rings. The Hall–Kier alpha value is -3.31. The predicted octanol–water partition coefficient (Wildman–Crippen LogP) is 6.34. The third-order valence-corrected chi connectivity index (χ3v) is 7.10. The van der Waals surface area contributed by atoms with Gasteiger partial charge in [-0.25, -0.2) is 0 Å². The summed E-state index contributed by atoms with van der Waals surface area (Å²) < 4.78 is 6.30. The monoisotopic (exact) mass is 488 g/mol. The zero-order chi connectivity index (χ0) is 24.5. The molecule has 0 bridgehead atoms. The Balaban J connectivity index is 1.68. The number of rotatable bonds is 4. The Kier molecular flexibility index (Phi) is 6.52. The van der Waals surface area contributed by atoms with Crippen LogP contribution < -0.4 is 10.1 Å². The largest absolute Gasteiger partial charge is 0.480 e. The highest BCUT2D eigenvalue weighted by atomic mass is 35.5. The number of carbonyl (C=O) groups excluding carboxylic acids is 2. The minimum atomic E-state index is -0.892. The number of para-hydroxylation sites is 1. The van der Waals surface area contributed by atoms with E-state index in [1.165, 1.54) is 5.56 Å². The lowest BCUT2D eigenvalue weighted by atomic mass is 9.85. The highest BCUT2D eigenvalue weighted by Gasteiger charge is 2.46. The van der Waals surface area contributed by atoms with E-state index in [0.29, 0.717) is 22.0 Å². The van der Waals surface area contributed by atoms with Crippen LogP contribution in [0.15, 0.2) is 72.8 Å². The van der Waals surface area contributed by atoms with E-state index in [2.05, 4.69) is 17.4 Å². The standard InChI is InChI=1S/C29H29ClN2O3/c1-18(2)27-29(34)32(24-14-8-10-19-9-6-7-13-22(19)24)26(23-17-20(30)15-16-25(23)35-27)28(33)31-21-11-4-3-5-12-21/h3-7,9,11-13,15-18,24,26-27H,8,10,14H2,1-2H3,(H,31,33). The smallest absolute Gasteiger partial charge is 0.265 e. The van der Waals surface area contributed by atoms with E-state index in [1.807, 2.05) is 56.3 Å². The third-order valence-electron chi connectivity index (χ3n) is 6.87. The molecule has 5 rings (SSSR count). The van der Waals surface area contributed by atoms with Crippen molar-refractivity contribution in [2.75, 3.05) is 5.32 Å². The summed E-state index contributed by atoms with van der Waals surface area (Å²) in [5.41, 5.74) is 3.59. The molecule has 180 valence electrons. The van der Waals surface area contributed by atoms with Crippen molar-refractivity contribution in [3.63, 3.8) is 0 Å². The molecule has 0 aromatic heterocycles. The molecule has 0 radical (unpaired) electrons. The van der Waals surface area contributed by atoms with Crippen LogP contribution >= 0.6 is 11.6 Å². The Morgan fingerprint density at radius 3 is 2.54 bits per heavy atom. The van der Waals surface area contributed by atoms with Crippen LogP contribution in [-0.4, -0.2) is 22.8 Å². The van der Waals surface area contributed by atoms with Gasteiger partial charge < -0.3 is 15.0 Å². The molecule has 3 aromatic rings. The fourth-order valence-corrected chi connectivity index (χ4v) is 5.40. The summed E-state index contributed by atoms with van der Waals surface area (Å²) in [5.74, 6) is -0.0316. The summed E-state index contributed by atoms with van der Waals surface area (Å²) in [7, 11) is 0. The van der Waals surface area contributed by atoms with E-state index in [9.17, 15) is 9.59 Å². The van der Waals surface area contributed by atoms with Crippen molar-refractivity contribution in [2.45, 2.75) is 51.3 Å². The van der Waals surface area contributed by atoms with Crippen LogP contribution in [0.25, 0.3) is 0 Å². The van der Waals surface area contributed by atoms with Crippen molar-refractivity contribution >= 4 is 29.1 Å². The molecule has 2 amide bonds. The summed E-state index contributed by atoms with van der Waals surface area (Å²) in [6.07, 6.45) is 1.97. The molecule has 3 aromatic carbocycles. The van der Waals surface area contributed by atoms with Crippen LogP contribution in [0.1, 0.15) is 55.5 Å². The average molecular weight is 489 g/mol. The van der Waals surface area contributed by atoms with E-state index >= 15 is 0 Å². The Labute approximate surface area is 211 Å². The molecule has 3 atom stereocenters. The zero-order valence-electron chi connectivity index (χ0n) is 19.9. The molecule has 1 aliphatic carbocycles. The highest BCUT2D eigenvalue weighted by Crippen LogP contribution is 2.45. The molecule has 1 heterocycles. The van der Waals surface area contributed by atoms with Crippen molar-refractivity contribution in [1.82, 2.24) is 4.90 Å². The number of hydrogen-bond acceptors (Lipinski definition) is 3. The number of anilines is 1. The Bertz CT molecular complexity index is 1240. The first-order valence-corrected chi connectivity index (χ1v) is 12.5. The molecule has 35 heavy (non-hydrogen) atoms. The van der Waals surface area contributed by atoms with Crippen LogP contribution in [0, 0.1) is 5.92 Å². The number of carbonyl (C=O) groups is 2. The van der Waals surface area contributed by atoms with Gasteiger partial charge in [-0.3, -0.25) is 9.59 Å². The van der Waals surface area contributed by atoms with Gasteiger partial charge in [0.25, 0.3) is 11.8 Å². The highest BCUT2D eigenvalue weighted by molar-refractivity contribution is 6.30. The maximum atomic E-state index is 14.2. The SMILES string of the molecule is CC(C)C1Oc2ccc(Cl)cc2C(C(=O)Nc2ccccc2)N(C2CCCc3ccccc32)C1=O. The van der Waals surface area contributed by atoms with Crippen molar-refractivity contribution in [3.05, 3.63) is 94.5 Å². The molecule has 2 aliphatic rings. The molecule has 3 unspecified atom stereocenters. The van der Waals surface area contributed by atoms with Crippen LogP contribution in [0.2, 0.25) is 5.02 Å². The average Bonchev–Trinajstić information content (AvgIpc) is 2.98. The zero-order valence-corrected chi connectivity index (χ0v) is 20.7. The van der Waals surface area contributed by atoms with Crippen LogP contribution in [0.5, 0.6) is 5.75 Å². The van der Waals surface area contributed by atoms with Gasteiger partial charge in [-0.1, -0.05) is 67.9 Å². The molecule has 0 saturated carbocycles. The van der Waals surface area contributed by atoms with Crippen LogP contribution in [0.4, 0.5) is 5.69 Å². The second-order valence-electron chi connectivity index (χ2n) is 9.57. The number of aryl methyl sites for hydroxylation is 1.